The van der Waals surface area contributed by atoms with Crippen molar-refractivity contribution in [3.05, 3.63) is 63.9 Å². The second kappa shape index (κ2) is 5.59. The fraction of sp³-hybridized carbons (Fsp3) is 0.200. The molecule has 0 spiro atoms. The van der Waals surface area contributed by atoms with Crippen molar-refractivity contribution in [2.75, 3.05) is 7.11 Å². The van der Waals surface area contributed by atoms with Crippen molar-refractivity contribution in [2.45, 2.75) is 13.0 Å². The van der Waals surface area contributed by atoms with Crippen molar-refractivity contribution in [2.24, 2.45) is 5.73 Å². The number of rotatable bonds is 3. The number of halogens is 2. The molecule has 4 heteroatoms. The lowest BCUT2D eigenvalue weighted by atomic mass is 9.97. The molecule has 0 saturated heterocycles. The molecule has 0 fully saturated rings. The van der Waals surface area contributed by atoms with Crippen LogP contribution in [0.15, 0.2) is 36.4 Å². The van der Waals surface area contributed by atoms with Crippen LogP contribution in [0.2, 0.25) is 5.02 Å². The van der Waals surface area contributed by atoms with Crippen molar-refractivity contribution in [1.82, 2.24) is 0 Å². The lowest BCUT2D eigenvalue weighted by molar-refractivity contribution is 0.408. The minimum absolute atomic E-state index is 0.300. The highest BCUT2D eigenvalue weighted by Gasteiger charge is 2.15. The maximum Gasteiger partial charge on any atom is 0.124 e. The van der Waals surface area contributed by atoms with Crippen molar-refractivity contribution in [3.8, 4) is 5.75 Å². The average Bonchev–Trinajstić information content (AvgIpc) is 2.36. The minimum atomic E-state index is -0.483. The van der Waals surface area contributed by atoms with Crippen LogP contribution in [0.3, 0.4) is 0 Å². The molecule has 0 bridgehead atoms. The quantitative estimate of drug-likeness (QED) is 0.926. The topological polar surface area (TPSA) is 35.2 Å². The van der Waals surface area contributed by atoms with Gasteiger partial charge in [-0.1, -0.05) is 17.7 Å². The molecule has 2 aromatic rings. The fourth-order valence-electron chi connectivity index (χ4n) is 2.07. The summed E-state index contributed by atoms with van der Waals surface area (Å²) in [5.41, 5.74) is 8.45. The van der Waals surface area contributed by atoms with Gasteiger partial charge in [0.25, 0.3) is 0 Å². The van der Waals surface area contributed by atoms with E-state index >= 15 is 0 Å². The first kappa shape index (κ1) is 13.8. The summed E-state index contributed by atoms with van der Waals surface area (Å²) < 4.78 is 18.7. The molecule has 0 heterocycles. The molecule has 1 atom stereocenters. The largest absolute Gasteiger partial charge is 0.496 e. The zero-order chi connectivity index (χ0) is 14.0. The van der Waals surface area contributed by atoms with Crippen LogP contribution < -0.4 is 10.5 Å². The summed E-state index contributed by atoms with van der Waals surface area (Å²) >= 11 is 5.98. The highest BCUT2D eigenvalue weighted by molar-refractivity contribution is 6.30. The predicted molar refractivity (Wildman–Crippen MR) is 75.2 cm³/mol. The minimum Gasteiger partial charge on any atom is -0.496 e. The summed E-state index contributed by atoms with van der Waals surface area (Å²) in [4.78, 5) is 0. The Labute approximate surface area is 117 Å². The predicted octanol–water partition coefficient (Wildman–Crippen LogP) is 3.84. The smallest absolute Gasteiger partial charge is 0.124 e. The third kappa shape index (κ3) is 3.06. The molecule has 0 amide bonds. The first-order valence-corrected chi connectivity index (χ1v) is 6.25. The number of nitrogens with two attached hydrogens (primary N) is 1. The van der Waals surface area contributed by atoms with E-state index in [9.17, 15) is 4.39 Å². The molecule has 2 N–H and O–H groups in total. The Morgan fingerprint density at radius 1 is 1.21 bits per heavy atom. The maximum atomic E-state index is 13.5. The first-order valence-electron chi connectivity index (χ1n) is 5.87. The molecule has 1 unspecified atom stereocenters. The van der Waals surface area contributed by atoms with Gasteiger partial charge in [-0.2, -0.15) is 0 Å². The van der Waals surface area contributed by atoms with Gasteiger partial charge < -0.3 is 10.5 Å². The lowest BCUT2D eigenvalue weighted by Crippen LogP contribution is -2.13. The molecule has 0 aliphatic carbocycles. The van der Waals surface area contributed by atoms with E-state index in [2.05, 4.69) is 0 Å². The zero-order valence-corrected chi connectivity index (χ0v) is 11.5. The van der Waals surface area contributed by atoms with Crippen LogP contribution in [-0.2, 0) is 0 Å². The van der Waals surface area contributed by atoms with Gasteiger partial charge >= 0.3 is 0 Å². The van der Waals surface area contributed by atoms with E-state index in [1.807, 2.05) is 13.0 Å². The van der Waals surface area contributed by atoms with Gasteiger partial charge in [-0.25, -0.2) is 4.39 Å². The van der Waals surface area contributed by atoms with Crippen molar-refractivity contribution in [1.29, 1.82) is 0 Å². The van der Waals surface area contributed by atoms with Gasteiger partial charge in [0, 0.05) is 10.6 Å². The van der Waals surface area contributed by atoms with E-state index in [4.69, 9.17) is 22.1 Å². The fourth-order valence-corrected chi connectivity index (χ4v) is 2.25. The molecule has 2 aromatic carbocycles. The van der Waals surface area contributed by atoms with Crippen molar-refractivity contribution >= 4 is 11.6 Å². The molecule has 0 radical (unpaired) electrons. The van der Waals surface area contributed by atoms with Crippen LogP contribution in [0, 0.1) is 12.7 Å². The summed E-state index contributed by atoms with van der Waals surface area (Å²) in [5.74, 6) is 0.338. The molecule has 2 rings (SSSR count). The van der Waals surface area contributed by atoms with Gasteiger partial charge in [0.15, 0.2) is 0 Å². The number of benzene rings is 2. The van der Waals surface area contributed by atoms with Crippen LogP contribution in [0.5, 0.6) is 5.75 Å². The number of aryl methyl sites for hydroxylation is 1. The Morgan fingerprint density at radius 3 is 2.58 bits per heavy atom. The zero-order valence-electron chi connectivity index (χ0n) is 10.8. The van der Waals surface area contributed by atoms with Crippen LogP contribution in [0.4, 0.5) is 4.39 Å². The molecule has 2 nitrogen and oxygen atoms in total. The number of ether oxygens (including phenoxy) is 1. The van der Waals surface area contributed by atoms with Crippen molar-refractivity contribution < 1.29 is 9.13 Å². The SMILES string of the molecule is COc1ccc(Cl)cc1C(N)c1cc(C)cc(F)c1. The van der Waals surface area contributed by atoms with Gasteiger partial charge in [0.1, 0.15) is 11.6 Å². The highest BCUT2D eigenvalue weighted by Crippen LogP contribution is 2.31. The summed E-state index contributed by atoms with van der Waals surface area (Å²) in [5, 5.41) is 0.569. The molecular weight excluding hydrogens is 265 g/mol. The molecule has 100 valence electrons. The Kier molecular flexibility index (Phi) is 4.08. The first-order chi connectivity index (χ1) is 9.01. The van der Waals surface area contributed by atoms with Crippen LogP contribution >= 0.6 is 11.6 Å². The normalized spacial score (nSPS) is 12.3. The van der Waals surface area contributed by atoms with Crippen LogP contribution in [0.1, 0.15) is 22.7 Å². The van der Waals surface area contributed by atoms with Gasteiger partial charge in [-0.15, -0.1) is 0 Å². The maximum absolute atomic E-state index is 13.5. The Balaban J connectivity index is 2.48. The molecule has 0 aliphatic rings. The third-order valence-electron chi connectivity index (χ3n) is 2.95. The summed E-state index contributed by atoms with van der Waals surface area (Å²) in [6.45, 7) is 1.83. The summed E-state index contributed by atoms with van der Waals surface area (Å²) in [6, 6.07) is 9.49. The lowest BCUT2D eigenvalue weighted by Gasteiger charge is -2.17. The standard InChI is InChI=1S/C15H15ClFNO/c1-9-5-10(7-12(17)6-9)15(18)13-8-11(16)3-4-14(13)19-2/h3-8,15H,18H2,1-2H3. The monoisotopic (exact) mass is 279 g/mol. The Morgan fingerprint density at radius 2 is 1.95 bits per heavy atom. The number of methoxy groups -OCH3 is 1. The van der Waals surface area contributed by atoms with Crippen LogP contribution in [0.25, 0.3) is 0 Å². The Hall–Kier alpha value is -1.58. The second-order valence-corrected chi connectivity index (χ2v) is 4.86. The summed E-state index contributed by atoms with van der Waals surface area (Å²) in [6.07, 6.45) is 0. The van der Waals surface area contributed by atoms with E-state index < -0.39 is 6.04 Å². The molecular formula is C15H15ClFNO. The van der Waals surface area contributed by atoms with Crippen LogP contribution in [-0.4, -0.2) is 7.11 Å². The van der Waals surface area contributed by atoms with E-state index in [0.29, 0.717) is 16.3 Å². The van der Waals surface area contributed by atoms with E-state index in [1.165, 1.54) is 12.1 Å². The highest BCUT2D eigenvalue weighted by atomic mass is 35.5. The number of hydrogen-bond donors (Lipinski definition) is 1. The van der Waals surface area contributed by atoms with Gasteiger partial charge in [-0.3, -0.25) is 0 Å². The molecule has 0 aromatic heterocycles. The second-order valence-electron chi connectivity index (χ2n) is 4.43. The average molecular weight is 280 g/mol. The van der Waals surface area contributed by atoms with Gasteiger partial charge in [0.05, 0.1) is 13.2 Å². The molecule has 19 heavy (non-hydrogen) atoms. The Bertz CT molecular complexity index is 580. The molecule has 0 aliphatic heterocycles. The third-order valence-corrected chi connectivity index (χ3v) is 3.19. The van der Waals surface area contributed by atoms with Gasteiger partial charge in [-0.05, 0) is 48.4 Å². The van der Waals surface area contributed by atoms with Gasteiger partial charge in [0.2, 0.25) is 0 Å². The van der Waals surface area contributed by atoms with E-state index in [1.54, 1.807) is 25.3 Å². The summed E-state index contributed by atoms with van der Waals surface area (Å²) in [7, 11) is 1.57. The van der Waals surface area contributed by atoms with E-state index in [-0.39, 0.29) is 5.82 Å². The van der Waals surface area contributed by atoms with E-state index in [0.717, 1.165) is 11.1 Å². The van der Waals surface area contributed by atoms with Crippen molar-refractivity contribution in [3.63, 3.8) is 0 Å². The number of hydrogen-bond acceptors (Lipinski definition) is 2. The molecule has 0 saturated carbocycles.